The second-order valence-corrected chi connectivity index (χ2v) is 5.80. The largest absolute Gasteiger partial charge is 0.278 e. The van der Waals surface area contributed by atoms with Crippen LogP contribution >= 0.6 is 0 Å². The summed E-state index contributed by atoms with van der Waals surface area (Å²) in [6, 6.07) is 11.9. The first-order chi connectivity index (χ1) is 9.45. The highest BCUT2D eigenvalue weighted by Crippen LogP contribution is 2.23. The Balaban J connectivity index is 2.48. The number of benzene rings is 2. The predicted molar refractivity (Wildman–Crippen MR) is 73.1 cm³/mol. The van der Waals surface area contributed by atoms with E-state index >= 15 is 0 Å². The molecule has 6 heteroatoms. The van der Waals surface area contributed by atoms with Crippen molar-refractivity contribution in [2.24, 2.45) is 0 Å². The summed E-state index contributed by atoms with van der Waals surface area (Å²) in [5.74, 6) is -0.766. The molecule has 0 heterocycles. The van der Waals surface area contributed by atoms with Crippen LogP contribution in [-0.4, -0.2) is 8.42 Å². The van der Waals surface area contributed by atoms with Crippen molar-refractivity contribution in [3.8, 4) is 6.07 Å². The molecule has 102 valence electrons. The Morgan fingerprint density at radius 2 is 1.85 bits per heavy atom. The van der Waals surface area contributed by atoms with Gasteiger partial charge in [0.25, 0.3) is 10.0 Å². The molecule has 0 saturated heterocycles. The maximum absolute atomic E-state index is 13.5. The van der Waals surface area contributed by atoms with E-state index in [1.54, 1.807) is 31.2 Å². The summed E-state index contributed by atoms with van der Waals surface area (Å²) in [6.07, 6.45) is 0. The Hall–Kier alpha value is -2.39. The van der Waals surface area contributed by atoms with Crippen molar-refractivity contribution < 1.29 is 12.8 Å². The molecule has 0 unspecified atom stereocenters. The van der Waals surface area contributed by atoms with Gasteiger partial charge in [0, 0.05) is 0 Å². The van der Waals surface area contributed by atoms with Gasteiger partial charge in [0.05, 0.1) is 10.6 Å². The summed E-state index contributed by atoms with van der Waals surface area (Å²) in [6.45, 7) is 1.66. The third-order valence-corrected chi connectivity index (χ3v) is 4.28. The predicted octanol–water partition coefficient (Wildman–Crippen LogP) is 2.81. The Bertz CT molecular complexity index is 795. The highest BCUT2D eigenvalue weighted by atomic mass is 32.2. The molecule has 4 nitrogen and oxygen atoms in total. The monoisotopic (exact) mass is 290 g/mol. The van der Waals surface area contributed by atoms with Gasteiger partial charge in [0.15, 0.2) is 0 Å². The van der Waals surface area contributed by atoms with Crippen LogP contribution in [0.5, 0.6) is 0 Å². The molecule has 0 aromatic heterocycles. The smallest absolute Gasteiger partial charge is 0.262 e. The molecule has 0 spiro atoms. The first kappa shape index (κ1) is 14.0. The minimum Gasteiger partial charge on any atom is -0.278 e. The van der Waals surface area contributed by atoms with Crippen LogP contribution in [0.4, 0.5) is 10.1 Å². The van der Waals surface area contributed by atoms with E-state index in [2.05, 4.69) is 4.72 Å². The van der Waals surface area contributed by atoms with Crippen LogP contribution in [-0.2, 0) is 10.0 Å². The summed E-state index contributed by atoms with van der Waals surface area (Å²) in [5.41, 5.74) is 0.162. The first-order valence-corrected chi connectivity index (χ1v) is 7.21. The molecule has 0 aliphatic rings. The van der Waals surface area contributed by atoms with Crippen LogP contribution < -0.4 is 4.72 Å². The average Bonchev–Trinajstić information content (AvgIpc) is 2.39. The van der Waals surface area contributed by atoms with Crippen LogP contribution in [0.2, 0.25) is 0 Å². The zero-order valence-electron chi connectivity index (χ0n) is 10.6. The van der Waals surface area contributed by atoms with Crippen molar-refractivity contribution in [1.82, 2.24) is 0 Å². The van der Waals surface area contributed by atoms with Gasteiger partial charge in [-0.25, -0.2) is 12.8 Å². The second-order valence-electron chi connectivity index (χ2n) is 4.15. The maximum atomic E-state index is 13.5. The number of sulfonamides is 1. The van der Waals surface area contributed by atoms with Crippen molar-refractivity contribution in [1.29, 1.82) is 5.26 Å². The molecule has 1 N–H and O–H groups in total. The summed E-state index contributed by atoms with van der Waals surface area (Å²) in [4.78, 5) is 0.0909. The number of aryl methyl sites for hydroxylation is 1. The molecule has 0 radical (unpaired) electrons. The van der Waals surface area contributed by atoms with E-state index in [4.69, 9.17) is 5.26 Å². The van der Waals surface area contributed by atoms with Crippen LogP contribution in [0.15, 0.2) is 47.4 Å². The zero-order chi connectivity index (χ0) is 14.8. The Labute approximate surface area is 116 Å². The molecule has 0 fully saturated rings. The number of nitrogens with one attached hydrogen (secondary N) is 1. The summed E-state index contributed by atoms with van der Waals surface area (Å²) < 4.78 is 40.2. The summed E-state index contributed by atoms with van der Waals surface area (Å²) in [7, 11) is -3.86. The number of rotatable bonds is 3. The Morgan fingerprint density at radius 3 is 2.50 bits per heavy atom. The van der Waals surface area contributed by atoms with Gasteiger partial charge in [0.2, 0.25) is 0 Å². The Morgan fingerprint density at radius 1 is 1.15 bits per heavy atom. The van der Waals surface area contributed by atoms with E-state index < -0.39 is 15.8 Å². The van der Waals surface area contributed by atoms with Gasteiger partial charge in [-0.3, -0.25) is 4.72 Å². The van der Waals surface area contributed by atoms with E-state index in [9.17, 15) is 12.8 Å². The number of halogens is 1. The molecule has 2 aromatic carbocycles. The van der Waals surface area contributed by atoms with Gasteiger partial charge in [-0.2, -0.15) is 5.26 Å². The standard InChI is InChI=1S/C14H11FN2O2S/c1-10-5-2-3-8-14(10)20(18,19)17-13-7-4-6-12(15)11(13)9-16/h2-8,17H,1H3. The van der Waals surface area contributed by atoms with Crippen molar-refractivity contribution in [2.45, 2.75) is 11.8 Å². The SMILES string of the molecule is Cc1ccccc1S(=O)(=O)Nc1cccc(F)c1C#N. The van der Waals surface area contributed by atoms with Gasteiger partial charge in [0.1, 0.15) is 17.4 Å². The number of nitrogens with zero attached hydrogens (tertiary/aromatic N) is 1. The fourth-order valence-corrected chi connectivity index (χ4v) is 3.10. The van der Waals surface area contributed by atoms with Crippen LogP contribution in [0, 0.1) is 24.1 Å². The molecule has 0 bridgehead atoms. The van der Waals surface area contributed by atoms with Crippen LogP contribution in [0.25, 0.3) is 0 Å². The summed E-state index contributed by atoms with van der Waals surface area (Å²) >= 11 is 0. The summed E-state index contributed by atoms with van der Waals surface area (Å²) in [5, 5.41) is 8.90. The molecule has 20 heavy (non-hydrogen) atoms. The highest BCUT2D eigenvalue weighted by molar-refractivity contribution is 7.92. The Kier molecular flexibility index (Phi) is 3.72. The van der Waals surface area contributed by atoms with Gasteiger partial charge in [-0.1, -0.05) is 24.3 Å². The zero-order valence-corrected chi connectivity index (χ0v) is 11.4. The van der Waals surface area contributed by atoms with Crippen molar-refractivity contribution in [3.63, 3.8) is 0 Å². The minimum atomic E-state index is -3.86. The van der Waals surface area contributed by atoms with Crippen molar-refractivity contribution in [2.75, 3.05) is 4.72 Å². The van der Waals surface area contributed by atoms with E-state index in [-0.39, 0.29) is 16.1 Å². The molecule has 0 amide bonds. The fraction of sp³-hybridized carbons (Fsp3) is 0.0714. The van der Waals surface area contributed by atoms with Crippen LogP contribution in [0.1, 0.15) is 11.1 Å². The molecule has 0 saturated carbocycles. The molecule has 0 aliphatic heterocycles. The van der Waals surface area contributed by atoms with Gasteiger partial charge in [-0.15, -0.1) is 0 Å². The molecule has 0 atom stereocenters. The minimum absolute atomic E-state index is 0.0734. The van der Waals surface area contributed by atoms with E-state index in [0.717, 1.165) is 6.07 Å². The fourth-order valence-electron chi connectivity index (χ4n) is 1.78. The average molecular weight is 290 g/mol. The third-order valence-electron chi connectivity index (χ3n) is 2.75. The maximum Gasteiger partial charge on any atom is 0.262 e. The number of hydrogen-bond donors (Lipinski definition) is 1. The second kappa shape index (κ2) is 5.31. The molecular weight excluding hydrogens is 279 g/mol. The number of anilines is 1. The lowest BCUT2D eigenvalue weighted by Gasteiger charge is -2.11. The first-order valence-electron chi connectivity index (χ1n) is 5.73. The van der Waals surface area contributed by atoms with Crippen LogP contribution in [0.3, 0.4) is 0 Å². The molecular formula is C14H11FN2O2S. The molecule has 2 aromatic rings. The quantitative estimate of drug-likeness (QED) is 0.945. The van der Waals surface area contributed by atoms with Crippen molar-refractivity contribution in [3.05, 3.63) is 59.4 Å². The van der Waals surface area contributed by atoms with E-state index in [1.165, 1.54) is 18.2 Å². The van der Waals surface area contributed by atoms with Crippen molar-refractivity contribution >= 4 is 15.7 Å². The molecule has 0 aliphatic carbocycles. The number of hydrogen-bond acceptors (Lipinski definition) is 3. The topological polar surface area (TPSA) is 70.0 Å². The third kappa shape index (κ3) is 2.63. The highest BCUT2D eigenvalue weighted by Gasteiger charge is 2.19. The van der Waals surface area contributed by atoms with Gasteiger partial charge >= 0.3 is 0 Å². The van der Waals surface area contributed by atoms with Gasteiger partial charge in [-0.05, 0) is 30.7 Å². The molecule has 2 rings (SSSR count). The number of nitriles is 1. The normalized spacial score (nSPS) is 10.8. The lowest BCUT2D eigenvalue weighted by atomic mass is 10.2. The lowest BCUT2D eigenvalue weighted by Crippen LogP contribution is -2.15. The lowest BCUT2D eigenvalue weighted by molar-refractivity contribution is 0.600. The van der Waals surface area contributed by atoms with Gasteiger partial charge < -0.3 is 0 Å². The van der Waals surface area contributed by atoms with E-state index in [0.29, 0.717) is 5.56 Å². The van der Waals surface area contributed by atoms with E-state index in [1.807, 2.05) is 0 Å².